The van der Waals surface area contributed by atoms with Gasteiger partial charge in [-0.3, -0.25) is 4.79 Å². The summed E-state index contributed by atoms with van der Waals surface area (Å²) in [4.78, 5) is 27.1. The Labute approximate surface area is 200 Å². The lowest BCUT2D eigenvalue weighted by Gasteiger charge is -2.13. The molecule has 3 aromatic rings. The van der Waals surface area contributed by atoms with Crippen LogP contribution >= 0.6 is 11.8 Å². The lowest BCUT2D eigenvalue weighted by Crippen LogP contribution is -2.33. The molecule has 0 atom stereocenters. The molecule has 0 fully saturated rings. The summed E-state index contributed by atoms with van der Waals surface area (Å²) in [5, 5.41) is 33.3. The second-order valence-electron chi connectivity index (χ2n) is 6.99. The van der Waals surface area contributed by atoms with Gasteiger partial charge in [0.2, 0.25) is 0 Å². The Balaban J connectivity index is 1.81. The van der Waals surface area contributed by atoms with Crippen LogP contribution in [0.25, 0.3) is 11.1 Å². The number of pyridine rings is 1. The number of nitrogens with two attached hydrogens (primary N) is 1. The van der Waals surface area contributed by atoms with Crippen LogP contribution < -0.4 is 16.4 Å². The van der Waals surface area contributed by atoms with E-state index in [1.165, 1.54) is 11.8 Å². The minimum Gasteiger partial charge on any atom is -0.465 e. The molecule has 3 rings (SSSR count). The smallest absolute Gasteiger partial charge is 0.404 e. The third-order valence-corrected chi connectivity index (χ3v) is 5.78. The van der Waals surface area contributed by atoms with E-state index in [2.05, 4.69) is 27.8 Å². The molecule has 0 aliphatic rings. The highest BCUT2D eigenvalue weighted by molar-refractivity contribution is 7.98. The van der Waals surface area contributed by atoms with Crippen LogP contribution in [0.5, 0.6) is 0 Å². The Bertz CT molecular complexity index is 1300. The molecular formula is C24H20N6O3S. The number of aromatic nitrogens is 1. The molecule has 0 radical (unpaired) electrons. The second kappa shape index (κ2) is 11.4. The van der Waals surface area contributed by atoms with E-state index in [1.807, 2.05) is 24.3 Å². The van der Waals surface area contributed by atoms with Crippen molar-refractivity contribution in [1.29, 1.82) is 10.5 Å². The zero-order chi connectivity index (χ0) is 24.5. The first kappa shape index (κ1) is 24.1. The van der Waals surface area contributed by atoms with Gasteiger partial charge in [0.05, 0.1) is 5.56 Å². The molecule has 0 aliphatic carbocycles. The van der Waals surface area contributed by atoms with E-state index in [-0.39, 0.29) is 35.9 Å². The van der Waals surface area contributed by atoms with Crippen molar-refractivity contribution < 1.29 is 14.7 Å². The van der Waals surface area contributed by atoms with E-state index in [1.54, 1.807) is 30.3 Å². The van der Waals surface area contributed by atoms with E-state index >= 15 is 0 Å². The average molecular weight is 473 g/mol. The molecule has 1 aromatic heterocycles. The Kier molecular flexibility index (Phi) is 8.06. The van der Waals surface area contributed by atoms with Gasteiger partial charge in [0.15, 0.2) is 0 Å². The maximum absolute atomic E-state index is 12.3. The van der Waals surface area contributed by atoms with E-state index in [4.69, 9.17) is 10.8 Å². The number of thioether (sulfide) groups is 1. The van der Waals surface area contributed by atoms with Gasteiger partial charge in [-0.1, -0.05) is 42.5 Å². The number of benzene rings is 2. The lowest BCUT2D eigenvalue weighted by atomic mass is 9.97. The number of nitrogens with one attached hydrogen (secondary N) is 2. The molecule has 0 saturated heterocycles. The average Bonchev–Trinajstić information content (AvgIpc) is 2.85. The van der Waals surface area contributed by atoms with Crippen LogP contribution in [-0.2, 0) is 5.75 Å². The van der Waals surface area contributed by atoms with Gasteiger partial charge >= 0.3 is 6.09 Å². The summed E-state index contributed by atoms with van der Waals surface area (Å²) in [7, 11) is 0. The van der Waals surface area contributed by atoms with Gasteiger partial charge in [-0.15, -0.1) is 11.8 Å². The van der Waals surface area contributed by atoms with E-state index in [9.17, 15) is 20.1 Å². The highest BCUT2D eigenvalue weighted by atomic mass is 32.2. The van der Waals surface area contributed by atoms with Crippen molar-refractivity contribution in [2.45, 2.75) is 10.8 Å². The number of nitriles is 2. The molecule has 5 N–H and O–H groups in total. The molecule has 170 valence electrons. The summed E-state index contributed by atoms with van der Waals surface area (Å²) < 4.78 is 0. The number of carbonyl (C=O) groups excluding carboxylic acids is 1. The number of carbonyl (C=O) groups is 2. The van der Waals surface area contributed by atoms with Gasteiger partial charge in [-0.25, -0.2) is 9.78 Å². The standard InChI is InChI=1S/C24H20N6O3S/c25-12-18-20(16-6-2-1-3-7-16)19(13-26)23(30-21(18)27)34-14-15-5-4-8-17(11-15)22(31)28-9-10-29-24(32)33/h1-8,11,29H,9-10,14H2,(H2,27,30)(H,28,31)(H,32,33). The van der Waals surface area contributed by atoms with Crippen LogP contribution in [0.2, 0.25) is 0 Å². The maximum atomic E-state index is 12.3. The van der Waals surface area contributed by atoms with Gasteiger partial charge in [0, 0.05) is 30.0 Å². The van der Waals surface area contributed by atoms with Crippen molar-refractivity contribution in [1.82, 2.24) is 15.6 Å². The number of hydrogen-bond acceptors (Lipinski definition) is 7. The molecular weight excluding hydrogens is 452 g/mol. The predicted molar refractivity (Wildman–Crippen MR) is 128 cm³/mol. The van der Waals surface area contributed by atoms with Gasteiger partial charge in [-0.2, -0.15) is 10.5 Å². The summed E-state index contributed by atoms with van der Waals surface area (Å²) in [6.45, 7) is 0.259. The quantitative estimate of drug-likeness (QED) is 0.286. The lowest BCUT2D eigenvalue weighted by molar-refractivity contribution is 0.0953. The number of nitrogens with zero attached hydrogens (tertiary/aromatic N) is 3. The predicted octanol–water partition coefficient (Wildman–Crippen LogP) is 3.36. The van der Waals surface area contributed by atoms with E-state index < -0.39 is 6.09 Å². The van der Waals surface area contributed by atoms with Crippen molar-refractivity contribution in [3.8, 4) is 23.3 Å². The van der Waals surface area contributed by atoms with Crippen molar-refractivity contribution in [2.24, 2.45) is 0 Å². The fraction of sp³-hybridized carbons (Fsp3) is 0.125. The molecule has 0 unspecified atom stereocenters. The van der Waals surface area contributed by atoms with Crippen LogP contribution in [0, 0.1) is 22.7 Å². The Morgan fingerprint density at radius 3 is 2.38 bits per heavy atom. The SMILES string of the molecule is N#Cc1c(N)nc(SCc2cccc(C(=O)NCCNC(=O)O)c2)c(C#N)c1-c1ccccc1. The second-order valence-corrected chi connectivity index (χ2v) is 7.96. The number of nitrogen functional groups attached to an aromatic ring is 1. The number of anilines is 1. The number of rotatable bonds is 8. The summed E-state index contributed by atoms with van der Waals surface area (Å²) in [5.74, 6) is 0.123. The highest BCUT2D eigenvalue weighted by Gasteiger charge is 2.20. The summed E-state index contributed by atoms with van der Waals surface area (Å²) in [5.41, 5.74) is 8.86. The molecule has 0 spiro atoms. The Hall–Kier alpha value is -4.54. The van der Waals surface area contributed by atoms with Gasteiger partial charge in [-0.05, 0) is 23.3 Å². The van der Waals surface area contributed by atoms with E-state index in [0.29, 0.717) is 27.5 Å². The zero-order valence-corrected chi connectivity index (χ0v) is 18.7. The molecule has 2 aromatic carbocycles. The van der Waals surface area contributed by atoms with Gasteiger partial charge in [0.25, 0.3) is 5.91 Å². The Morgan fingerprint density at radius 1 is 1.00 bits per heavy atom. The van der Waals surface area contributed by atoms with Crippen molar-refractivity contribution in [3.63, 3.8) is 0 Å². The third kappa shape index (κ3) is 5.82. The first-order valence-corrected chi connectivity index (χ1v) is 11.1. The maximum Gasteiger partial charge on any atom is 0.404 e. The van der Waals surface area contributed by atoms with Crippen LogP contribution in [0.3, 0.4) is 0 Å². The van der Waals surface area contributed by atoms with E-state index in [0.717, 1.165) is 5.56 Å². The molecule has 2 amide bonds. The largest absolute Gasteiger partial charge is 0.465 e. The first-order chi connectivity index (χ1) is 16.4. The first-order valence-electron chi connectivity index (χ1n) is 10.1. The monoisotopic (exact) mass is 472 g/mol. The molecule has 34 heavy (non-hydrogen) atoms. The minimum absolute atomic E-state index is 0.0472. The third-order valence-electron chi connectivity index (χ3n) is 4.73. The molecule has 0 aliphatic heterocycles. The summed E-state index contributed by atoms with van der Waals surface area (Å²) in [6.07, 6.45) is -1.16. The number of hydrogen-bond donors (Lipinski definition) is 4. The van der Waals surface area contributed by atoms with Crippen LogP contribution in [0.1, 0.15) is 27.0 Å². The van der Waals surface area contributed by atoms with Crippen molar-refractivity contribution >= 4 is 29.6 Å². The molecule has 0 bridgehead atoms. The van der Waals surface area contributed by atoms with Crippen molar-refractivity contribution in [3.05, 3.63) is 76.9 Å². The van der Waals surface area contributed by atoms with Gasteiger partial charge in [0.1, 0.15) is 28.5 Å². The van der Waals surface area contributed by atoms with Crippen LogP contribution in [0.4, 0.5) is 10.6 Å². The number of carboxylic acid groups (broad SMARTS) is 1. The minimum atomic E-state index is -1.16. The zero-order valence-electron chi connectivity index (χ0n) is 17.9. The fourth-order valence-corrected chi connectivity index (χ4v) is 4.14. The highest BCUT2D eigenvalue weighted by Crippen LogP contribution is 2.36. The summed E-state index contributed by atoms with van der Waals surface area (Å²) in [6, 6.07) is 20.2. The summed E-state index contributed by atoms with van der Waals surface area (Å²) >= 11 is 1.28. The molecule has 9 nitrogen and oxygen atoms in total. The van der Waals surface area contributed by atoms with Crippen LogP contribution in [0.15, 0.2) is 59.6 Å². The topological polar surface area (TPSA) is 165 Å². The Morgan fingerprint density at radius 2 is 1.71 bits per heavy atom. The fourth-order valence-electron chi connectivity index (χ4n) is 3.20. The molecule has 0 saturated carbocycles. The van der Waals surface area contributed by atoms with Crippen molar-refractivity contribution in [2.75, 3.05) is 18.8 Å². The normalized spacial score (nSPS) is 10.1. The van der Waals surface area contributed by atoms with Gasteiger partial charge < -0.3 is 21.5 Å². The van der Waals surface area contributed by atoms with Crippen LogP contribution in [-0.4, -0.2) is 35.2 Å². The molecule has 10 heteroatoms. The number of amides is 2. The molecule has 1 heterocycles.